The molecule has 0 spiro atoms. The van der Waals surface area contributed by atoms with Gasteiger partial charge in [-0.15, -0.1) is 0 Å². The number of allylic oxidation sites excluding steroid dienone is 2. The van der Waals surface area contributed by atoms with Gasteiger partial charge in [0.1, 0.15) is 11.6 Å². The van der Waals surface area contributed by atoms with E-state index < -0.39 is 35.6 Å². The third-order valence-corrected chi connectivity index (χ3v) is 3.55. The molecule has 23 heavy (non-hydrogen) atoms. The van der Waals surface area contributed by atoms with E-state index >= 15 is 0 Å². The Morgan fingerprint density at radius 3 is 2.39 bits per heavy atom. The molecule has 0 saturated heterocycles. The summed E-state index contributed by atoms with van der Waals surface area (Å²) in [6.07, 6.45) is -3.83. The maximum atomic E-state index is 12.9. The maximum Gasteiger partial charge on any atom is 0.431 e. The zero-order chi connectivity index (χ0) is 17.2. The summed E-state index contributed by atoms with van der Waals surface area (Å²) in [5.74, 6) is -4.22. The van der Waals surface area contributed by atoms with Crippen molar-refractivity contribution in [2.24, 2.45) is 5.92 Å². The van der Waals surface area contributed by atoms with E-state index in [-0.39, 0.29) is 6.61 Å². The number of carbonyl (C=O) groups is 2. The minimum absolute atomic E-state index is 0.0407. The van der Waals surface area contributed by atoms with Crippen molar-refractivity contribution in [1.29, 1.82) is 0 Å². The fraction of sp³-hybridized carbons (Fsp3) is 0.375. The zero-order valence-electron chi connectivity index (χ0n) is 12.6. The lowest BCUT2D eigenvalue weighted by Crippen LogP contribution is -2.45. The molecule has 0 fully saturated rings. The highest BCUT2D eigenvalue weighted by Crippen LogP contribution is 2.36. The number of alkyl halides is 3. The third-order valence-electron chi connectivity index (χ3n) is 3.55. The molecule has 124 valence electrons. The molecule has 2 rings (SSSR count). The molecule has 1 amide bonds. The number of esters is 1. The Morgan fingerprint density at radius 2 is 1.87 bits per heavy atom. The Kier molecular flexibility index (Phi) is 4.77. The van der Waals surface area contributed by atoms with Crippen LogP contribution in [-0.2, 0) is 14.3 Å². The van der Waals surface area contributed by atoms with E-state index in [2.05, 4.69) is 0 Å². The van der Waals surface area contributed by atoms with E-state index in [1.807, 2.05) is 6.92 Å². The number of benzene rings is 1. The van der Waals surface area contributed by atoms with Gasteiger partial charge in [0.15, 0.2) is 0 Å². The second-order valence-electron chi connectivity index (χ2n) is 5.23. The average Bonchev–Trinajstić information content (AvgIpc) is 2.46. The Balaban J connectivity index is 2.49. The van der Waals surface area contributed by atoms with Crippen LogP contribution in [-0.4, -0.2) is 24.7 Å². The van der Waals surface area contributed by atoms with Crippen LogP contribution in [0.2, 0.25) is 0 Å². The molecule has 1 heterocycles. The van der Waals surface area contributed by atoms with Crippen LogP contribution in [0.3, 0.4) is 0 Å². The molecule has 1 aromatic rings. The molecule has 0 unspecified atom stereocenters. The van der Waals surface area contributed by atoms with Crippen LogP contribution in [0.4, 0.5) is 13.2 Å². The minimum atomic E-state index is -4.70. The molecule has 1 aromatic carbocycles. The van der Waals surface area contributed by atoms with Crippen molar-refractivity contribution in [3.63, 3.8) is 0 Å². The van der Waals surface area contributed by atoms with Gasteiger partial charge < -0.3 is 10.1 Å². The molecule has 1 aliphatic heterocycles. The summed E-state index contributed by atoms with van der Waals surface area (Å²) in [7, 11) is 0. The molecule has 7 heteroatoms. The summed E-state index contributed by atoms with van der Waals surface area (Å²) >= 11 is 0. The molecule has 4 nitrogen and oxygen atoms in total. The van der Waals surface area contributed by atoms with Gasteiger partial charge in [0.2, 0.25) is 5.91 Å². The summed E-state index contributed by atoms with van der Waals surface area (Å²) in [4.78, 5) is 24.1. The average molecular weight is 327 g/mol. The highest BCUT2D eigenvalue weighted by molar-refractivity contribution is 6.00. The molecule has 1 aliphatic rings. The highest BCUT2D eigenvalue weighted by atomic mass is 19.4. The molecule has 0 saturated carbocycles. The first-order chi connectivity index (χ1) is 10.7. The number of aryl methyl sites for hydroxylation is 1. The standard InChI is InChI=1S/C16H16F3NO3/c1-3-23-15(22)13-11(10-6-4-9(2)5-7-10)8-12(16(17,18)19)20-14(13)21/h4-8,11,13H,3H2,1-2H3,(H,20,21)/t11-,13-/m0/s1. The molecule has 1 N–H and O–H groups in total. The predicted octanol–water partition coefficient (Wildman–Crippen LogP) is 2.83. The molecule has 0 bridgehead atoms. The van der Waals surface area contributed by atoms with Gasteiger partial charge in [-0.1, -0.05) is 29.8 Å². The Bertz CT molecular complexity index is 635. The molecular formula is C16H16F3NO3. The van der Waals surface area contributed by atoms with Crippen molar-refractivity contribution >= 4 is 11.9 Å². The fourth-order valence-electron chi connectivity index (χ4n) is 2.42. The number of rotatable bonds is 3. The molecule has 2 atom stereocenters. The van der Waals surface area contributed by atoms with Crippen molar-refractivity contribution < 1.29 is 27.5 Å². The van der Waals surface area contributed by atoms with E-state index in [0.29, 0.717) is 5.56 Å². The number of carbonyl (C=O) groups excluding carboxylic acids is 2. The van der Waals surface area contributed by atoms with E-state index in [0.717, 1.165) is 11.6 Å². The van der Waals surface area contributed by atoms with Crippen LogP contribution >= 0.6 is 0 Å². The van der Waals surface area contributed by atoms with Crippen molar-refractivity contribution in [1.82, 2.24) is 5.32 Å². The molecular weight excluding hydrogens is 311 g/mol. The van der Waals surface area contributed by atoms with Crippen LogP contribution in [0.1, 0.15) is 24.0 Å². The van der Waals surface area contributed by atoms with Crippen molar-refractivity contribution in [3.8, 4) is 0 Å². The maximum absolute atomic E-state index is 12.9. The Hall–Kier alpha value is -2.31. The largest absolute Gasteiger partial charge is 0.465 e. The van der Waals surface area contributed by atoms with Gasteiger partial charge in [0.05, 0.1) is 6.61 Å². The van der Waals surface area contributed by atoms with Crippen LogP contribution in [0.5, 0.6) is 0 Å². The topological polar surface area (TPSA) is 55.4 Å². The van der Waals surface area contributed by atoms with Gasteiger partial charge in [0, 0.05) is 5.92 Å². The van der Waals surface area contributed by atoms with Gasteiger partial charge in [-0.2, -0.15) is 13.2 Å². The Morgan fingerprint density at radius 1 is 1.26 bits per heavy atom. The summed E-state index contributed by atoms with van der Waals surface area (Å²) in [6, 6.07) is 6.64. The van der Waals surface area contributed by atoms with E-state index in [4.69, 9.17) is 4.74 Å². The summed E-state index contributed by atoms with van der Waals surface area (Å²) in [5, 5.41) is 1.75. The summed E-state index contributed by atoms with van der Waals surface area (Å²) < 4.78 is 43.7. The first-order valence-electron chi connectivity index (χ1n) is 7.07. The first kappa shape index (κ1) is 17.1. The van der Waals surface area contributed by atoms with Gasteiger partial charge >= 0.3 is 12.1 Å². The van der Waals surface area contributed by atoms with E-state index in [1.165, 1.54) is 0 Å². The Labute approximate surface area is 131 Å². The van der Waals surface area contributed by atoms with Crippen molar-refractivity contribution in [3.05, 3.63) is 47.2 Å². The third kappa shape index (κ3) is 3.72. The highest BCUT2D eigenvalue weighted by Gasteiger charge is 2.45. The zero-order valence-corrected chi connectivity index (χ0v) is 12.6. The number of ether oxygens (including phenoxy) is 1. The lowest BCUT2D eigenvalue weighted by atomic mass is 9.82. The SMILES string of the molecule is CCOC(=O)[C@@H]1C(=O)NC(C(F)(F)F)=C[C@H]1c1ccc(C)cc1. The number of nitrogens with one attached hydrogen (secondary N) is 1. The normalized spacial score (nSPS) is 21.4. The molecule has 0 aliphatic carbocycles. The smallest absolute Gasteiger partial charge is 0.431 e. The quantitative estimate of drug-likeness (QED) is 0.686. The van der Waals surface area contributed by atoms with Gasteiger partial charge in [0.25, 0.3) is 0 Å². The van der Waals surface area contributed by atoms with Crippen LogP contribution in [0.25, 0.3) is 0 Å². The second-order valence-corrected chi connectivity index (χ2v) is 5.23. The number of halogens is 3. The fourth-order valence-corrected chi connectivity index (χ4v) is 2.42. The molecule has 0 aromatic heterocycles. The lowest BCUT2D eigenvalue weighted by Gasteiger charge is -2.29. The van der Waals surface area contributed by atoms with E-state index in [9.17, 15) is 22.8 Å². The summed E-state index contributed by atoms with van der Waals surface area (Å²) in [5.41, 5.74) is 0.209. The minimum Gasteiger partial charge on any atom is -0.465 e. The molecule has 0 radical (unpaired) electrons. The van der Waals surface area contributed by atoms with Gasteiger partial charge in [-0.3, -0.25) is 9.59 Å². The van der Waals surface area contributed by atoms with Crippen molar-refractivity contribution in [2.45, 2.75) is 25.9 Å². The van der Waals surface area contributed by atoms with Crippen LogP contribution in [0, 0.1) is 12.8 Å². The van der Waals surface area contributed by atoms with Crippen LogP contribution < -0.4 is 5.32 Å². The van der Waals surface area contributed by atoms with Crippen LogP contribution in [0.15, 0.2) is 36.0 Å². The van der Waals surface area contributed by atoms with Gasteiger partial charge in [-0.05, 0) is 25.5 Å². The summed E-state index contributed by atoms with van der Waals surface area (Å²) in [6.45, 7) is 3.44. The number of amides is 1. The van der Waals surface area contributed by atoms with Gasteiger partial charge in [-0.25, -0.2) is 0 Å². The number of hydrogen-bond donors (Lipinski definition) is 1. The first-order valence-corrected chi connectivity index (χ1v) is 7.07. The van der Waals surface area contributed by atoms with E-state index in [1.54, 1.807) is 36.5 Å². The number of hydrogen-bond acceptors (Lipinski definition) is 3. The monoisotopic (exact) mass is 327 g/mol. The second kappa shape index (κ2) is 6.44. The predicted molar refractivity (Wildman–Crippen MR) is 76.3 cm³/mol. The van der Waals surface area contributed by atoms with Crippen molar-refractivity contribution in [2.75, 3.05) is 6.61 Å². The lowest BCUT2D eigenvalue weighted by molar-refractivity contribution is -0.154.